The van der Waals surface area contributed by atoms with E-state index in [9.17, 15) is 4.79 Å². The van der Waals surface area contributed by atoms with E-state index in [2.05, 4.69) is 10.4 Å². The van der Waals surface area contributed by atoms with Gasteiger partial charge in [-0.25, -0.2) is 4.68 Å². The summed E-state index contributed by atoms with van der Waals surface area (Å²) in [7, 11) is 0. The fraction of sp³-hybridized carbons (Fsp3) is 0.375. The summed E-state index contributed by atoms with van der Waals surface area (Å²) >= 11 is 6.38. The molecule has 21 heavy (non-hydrogen) atoms. The Hall–Kier alpha value is -1.81. The average Bonchev–Trinajstić information content (AvgIpc) is 3.08. The number of halogens is 1. The van der Waals surface area contributed by atoms with Crippen molar-refractivity contribution in [3.05, 3.63) is 46.7 Å². The van der Waals surface area contributed by atoms with E-state index in [0.29, 0.717) is 16.4 Å². The lowest BCUT2D eigenvalue weighted by Gasteiger charge is -2.11. The van der Waals surface area contributed by atoms with Crippen molar-refractivity contribution in [3.63, 3.8) is 0 Å². The number of benzene rings is 1. The van der Waals surface area contributed by atoms with E-state index in [4.69, 9.17) is 11.6 Å². The Morgan fingerprint density at radius 2 is 1.95 bits per heavy atom. The molecule has 110 valence electrons. The fourth-order valence-corrected chi connectivity index (χ4v) is 3.18. The third-order valence-corrected chi connectivity index (χ3v) is 4.27. The van der Waals surface area contributed by atoms with Gasteiger partial charge < -0.3 is 5.32 Å². The summed E-state index contributed by atoms with van der Waals surface area (Å²) in [5.74, 6) is -0.119. The molecule has 0 atom stereocenters. The van der Waals surface area contributed by atoms with Crippen LogP contribution in [0.15, 0.2) is 30.3 Å². The van der Waals surface area contributed by atoms with E-state index in [1.807, 2.05) is 37.3 Å². The van der Waals surface area contributed by atoms with Crippen molar-refractivity contribution in [1.29, 1.82) is 0 Å². The summed E-state index contributed by atoms with van der Waals surface area (Å²) < 4.78 is 1.61. The Bertz CT molecular complexity index is 645. The van der Waals surface area contributed by atoms with E-state index in [1.54, 1.807) is 4.68 Å². The summed E-state index contributed by atoms with van der Waals surface area (Å²) in [5.41, 5.74) is 1.98. The van der Waals surface area contributed by atoms with Gasteiger partial charge in [-0.3, -0.25) is 4.79 Å². The highest BCUT2D eigenvalue weighted by Gasteiger charge is 2.24. The molecule has 0 spiro atoms. The summed E-state index contributed by atoms with van der Waals surface area (Å²) in [6.45, 7) is 1.81. The first-order valence-corrected chi connectivity index (χ1v) is 7.66. The number of carbonyl (C=O) groups is 1. The van der Waals surface area contributed by atoms with Crippen LogP contribution in [-0.2, 0) is 0 Å². The molecule has 0 aliphatic heterocycles. The SMILES string of the molecule is Cc1nn(-c2ccccc2)c(Cl)c1C(=O)NC1CCCC1. The van der Waals surface area contributed by atoms with Crippen LogP contribution in [0, 0.1) is 6.92 Å². The molecule has 1 amide bonds. The maximum absolute atomic E-state index is 12.4. The molecule has 4 nitrogen and oxygen atoms in total. The topological polar surface area (TPSA) is 46.9 Å². The lowest BCUT2D eigenvalue weighted by molar-refractivity contribution is 0.0937. The third-order valence-electron chi connectivity index (χ3n) is 3.92. The van der Waals surface area contributed by atoms with Gasteiger partial charge in [-0.05, 0) is 31.9 Å². The first-order chi connectivity index (χ1) is 10.2. The number of hydrogen-bond acceptors (Lipinski definition) is 2. The first-order valence-electron chi connectivity index (χ1n) is 7.28. The van der Waals surface area contributed by atoms with Crippen LogP contribution in [-0.4, -0.2) is 21.7 Å². The Morgan fingerprint density at radius 3 is 2.62 bits per heavy atom. The lowest BCUT2D eigenvalue weighted by Crippen LogP contribution is -2.32. The molecular formula is C16H18ClN3O. The Balaban J connectivity index is 1.89. The van der Waals surface area contributed by atoms with Gasteiger partial charge in [0.15, 0.2) is 0 Å². The number of hydrogen-bond donors (Lipinski definition) is 1. The monoisotopic (exact) mass is 303 g/mol. The summed E-state index contributed by atoms with van der Waals surface area (Å²) in [5, 5.41) is 7.83. The number of nitrogens with zero attached hydrogens (tertiary/aromatic N) is 2. The van der Waals surface area contributed by atoms with Gasteiger partial charge >= 0.3 is 0 Å². The number of nitrogens with one attached hydrogen (secondary N) is 1. The molecule has 1 heterocycles. The van der Waals surface area contributed by atoms with Crippen LogP contribution in [0.1, 0.15) is 41.7 Å². The Kier molecular flexibility index (Phi) is 3.97. The molecule has 1 aliphatic rings. The van der Waals surface area contributed by atoms with Gasteiger partial charge in [0.25, 0.3) is 5.91 Å². The zero-order chi connectivity index (χ0) is 14.8. The molecule has 3 rings (SSSR count). The Labute approximate surface area is 129 Å². The van der Waals surface area contributed by atoms with Crippen LogP contribution in [0.25, 0.3) is 5.69 Å². The van der Waals surface area contributed by atoms with E-state index < -0.39 is 0 Å². The molecular weight excluding hydrogens is 286 g/mol. The standard InChI is InChI=1S/C16H18ClN3O/c1-11-14(16(21)18-12-7-5-6-8-12)15(17)20(19-11)13-9-3-2-4-10-13/h2-4,9-10,12H,5-8H2,1H3,(H,18,21). The molecule has 1 N–H and O–H groups in total. The molecule has 1 aliphatic carbocycles. The second kappa shape index (κ2) is 5.90. The summed E-state index contributed by atoms with van der Waals surface area (Å²) in [4.78, 5) is 12.4. The van der Waals surface area contributed by atoms with E-state index in [-0.39, 0.29) is 11.9 Å². The maximum atomic E-state index is 12.4. The van der Waals surface area contributed by atoms with Crippen molar-refractivity contribution in [2.24, 2.45) is 0 Å². The first kappa shape index (κ1) is 14.1. The van der Waals surface area contributed by atoms with Crippen LogP contribution in [0.3, 0.4) is 0 Å². The van der Waals surface area contributed by atoms with E-state index >= 15 is 0 Å². The van der Waals surface area contributed by atoms with E-state index in [1.165, 1.54) is 12.8 Å². The van der Waals surface area contributed by atoms with Crippen molar-refractivity contribution in [2.75, 3.05) is 0 Å². The van der Waals surface area contributed by atoms with Crippen LogP contribution in [0.5, 0.6) is 0 Å². The van der Waals surface area contributed by atoms with Gasteiger partial charge in [-0.2, -0.15) is 5.10 Å². The van der Waals surface area contributed by atoms with Crippen molar-refractivity contribution < 1.29 is 4.79 Å². The van der Waals surface area contributed by atoms with E-state index in [0.717, 1.165) is 18.5 Å². The van der Waals surface area contributed by atoms with Crippen LogP contribution < -0.4 is 5.32 Å². The Morgan fingerprint density at radius 1 is 1.29 bits per heavy atom. The van der Waals surface area contributed by atoms with Gasteiger partial charge in [0.1, 0.15) is 5.15 Å². The number of para-hydroxylation sites is 1. The summed E-state index contributed by atoms with van der Waals surface area (Å²) in [6.07, 6.45) is 4.46. The van der Waals surface area contributed by atoms with Gasteiger partial charge in [0.2, 0.25) is 0 Å². The molecule has 5 heteroatoms. The van der Waals surface area contributed by atoms with Crippen molar-refractivity contribution >= 4 is 17.5 Å². The normalized spacial score (nSPS) is 15.3. The lowest BCUT2D eigenvalue weighted by atomic mass is 10.2. The zero-order valence-electron chi connectivity index (χ0n) is 12.0. The molecule has 0 unspecified atom stereocenters. The van der Waals surface area contributed by atoms with Crippen LogP contribution in [0.4, 0.5) is 0 Å². The average molecular weight is 304 g/mol. The minimum atomic E-state index is -0.119. The highest BCUT2D eigenvalue weighted by Crippen LogP contribution is 2.24. The number of amides is 1. The van der Waals surface area contributed by atoms with Crippen LogP contribution in [0.2, 0.25) is 5.15 Å². The molecule has 0 saturated heterocycles. The predicted octanol–water partition coefficient (Wildman–Crippen LogP) is 3.51. The largest absolute Gasteiger partial charge is 0.349 e. The number of aryl methyl sites for hydroxylation is 1. The van der Waals surface area contributed by atoms with Crippen molar-refractivity contribution in [1.82, 2.24) is 15.1 Å². The van der Waals surface area contributed by atoms with Gasteiger partial charge in [0.05, 0.1) is 16.9 Å². The molecule has 1 aromatic carbocycles. The minimum Gasteiger partial charge on any atom is -0.349 e. The van der Waals surface area contributed by atoms with Gasteiger partial charge in [-0.15, -0.1) is 0 Å². The summed E-state index contributed by atoms with van der Waals surface area (Å²) in [6, 6.07) is 9.87. The highest BCUT2D eigenvalue weighted by atomic mass is 35.5. The van der Waals surface area contributed by atoms with Crippen molar-refractivity contribution in [3.8, 4) is 5.69 Å². The highest BCUT2D eigenvalue weighted by molar-refractivity contribution is 6.33. The second-order valence-electron chi connectivity index (χ2n) is 5.45. The molecule has 0 bridgehead atoms. The molecule has 1 fully saturated rings. The third kappa shape index (κ3) is 2.81. The molecule has 2 aromatic rings. The molecule has 1 aromatic heterocycles. The predicted molar refractivity (Wildman–Crippen MR) is 83.0 cm³/mol. The number of rotatable bonds is 3. The molecule has 0 radical (unpaired) electrons. The van der Waals surface area contributed by atoms with Crippen molar-refractivity contribution in [2.45, 2.75) is 38.6 Å². The van der Waals surface area contributed by atoms with Gasteiger partial charge in [-0.1, -0.05) is 42.6 Å². The van der Waals surface area contributed by atoms with Crippen LogP contribution >= 0.6 is 11.6 Å². The minimum absolute atomic E-state index is 0.119. The second-order valence-corrected chi connectivity index (χ2v) is 5.81. The van der Waals surface area contributed by atoms with Gasteiger partial charge in [0, 0.05) is 6.04 Å². The quantitative estimate of drug-likeness (QED) is 0.943. The maximum Gasteiger partial charge on any atom is 0.256 e. The number of aromatic nitrogens is 2. The zero-order valence-corrected chi connectivity index (χ0v) is 12.7. The molecule has 1 saturated carbocycles. The smallest absolute Gasteiger partial charge is 0.256 e. The number of carbonyl (C=O) groups excluding carboxylic acids is 1. The fourth-order valence-electron chi connectivity index (χ4n) is 2.83.